The fraction of sp³-hybridized carbons (Fsp3) is 0.167. The molecule has 0 unspecified atom stereocenters. The van der Waals surface area contributed by atoms with Crippen LogP contribution in [-0.4, -0.2) is 0 Å². The van der Waals surface area contributed by atoms with Gasteiger partial charge >= 0.3 is 0 Å². The van der Waals surface area contributed by atoms with Gasteiger partial charge < -0.3 is 0 Å². The van der Waals surface area contributed by atoms with Gasteiger partial charge in [-0.25, -0.2) is 0 Å². The van der Waals surface area contributed by atoms with Crippen LogP contribution in [0.4, 0.5) is 0 Å². The fourth-order valence-electron chi connectivity index (χ4n) is 5.94. The second kappa shape index (κ2) is 8.64. The van der Waals surface area contributed by atoms with Crippen molar-refractivity contribution in [3.05, 3.63) is 166 Å². The summed E-state index contributed by atoms with van der Waals surface area (Å²) >= 11 is 0. The highest BCUT2D eigenvalue weighted by molar-refractivity contribution is 5.86. The lowest BCUT2D eigenvalue weighted by atomic mass is 9.67. The Hall–Kier alpha value is -3.90. The monoisotopic (exact) mass is 464 g/mol. The zero-order chi connectivity index (χ0) is 24.8. The Morgan fingerprint density at radius 3 is 1.44 bits per heavy atom. The van der Waals surface area contributed by atoms with Gasteiger partial charge in [-0.05, 0) is 61.9 Å². The van der Waals surface area contributed by atoms with Crippen molar-refractivity contribution >= 4 is 0 Å². The molecule has 0 N–H and O–H groups in total. The van der Waals surface area contributed by atoms with Crippen LogP contribution in [0.2, 0.25) is 0 Å². The minimum Gasteiger partial charge on any atom is -0.0622 e. The van der Waals surface area contributed by atoms with Crippen LogP contribution in [0.5, 0.6) is 0 Å². The van der Waals surface area contributed by atoms with Gasteiger partial charge in [-0.15, -0.1) is 0 Å². The van der Waals surface area contributed by atoms with Gasteiger partial charge in [0.25, 0.3) is 0 Å². The van der Waals surface area contributed by atoms with Gasteiger partial charge in [0.05, 0.1) is 5.41 Å². The maximum atomic E-state index is 2.35. The molecule has 0 heteroatoms. The first-order valence-electron chi connectivity index (χ1n) is 12.9. The topological polar surface area (TPSA) is 0 Å². The molecule has 0 saturated carbocycles. The van der Waals surface area contributed by atoms with Crippen LogP contribution in [0.15, 0.2) is 127 Å². The van der Waals surface area contributed by atoms with E-state index in [9.17, 15) is 0 Å². The molecule has 0 atom stereocenters. The van der Waals surface area contributed by atoms with E-state index < -0.39 is 0 Å². The maximum absolute atomic E-state index is 2.35. The van der Waals surface area contributed by atoms with Crippen LogP contribution >= 0.6 is 0 Å². The number of hydrogen-bond acceptors (Lipinski definition) is 0. The molecule has 0 aromatic heterocycles. The lowest BCUT2D eigenvalue weighted by Crippen LogP contribution is -2.28. The second-order valence-electron chi connectivity index (χ2n) is 11.0. The number of hydrogen-bond donors (Lipinski definition) is 0. The molecule has 5 aromatic carbocycles. The van der Waals surface area contributed by atoms with E-state index in [1.807, 2.05) is 0 Å². The van der Waals surface area contributed by atoms with Crippen molar-refractivity contribution in [1.82, 2.24) is 0 Å². The molecular formula is C36H32. The van der Waals surface area contributed by atoms with Gasteiger partial charge in [-0.2, -0.15) is 0 Å². The summed E-state index contributed by atoms with van der Waals surface area (Å²) in [6.45, 7) is 6.80. The smallest absolute Gasteiger partial charge is 0.0622 e. The van der Waals surface area contributed by atoms with Crippen molar-refractivity contribution in [1.29, 1.82) is 0 Å². The molecule has 1 aliphatic carbocycles. The zero-order valence-electron chi connectivity index (χ0n) is 21.3. The molecule has 0 spiro atoms. The van der Waals surface area contributed by atoms with Crippen LogP contribution in [0.1, 0.15) is 59.7 Å². The van der Waals surface area contributed by atoms with Crippen molar-refractivity contribution in [2.24, 2.45) is 0 Å². The summed E-state index contributed by atoms with van der Waals surface area (Å²) in [4.78, 5) is 0. The van der Waals surface area contributed by atoms with Crippen molar-refractivity contribution in [2.45, 2.75) is 38.0 Å². The van der Waals surface area contributed by atoms with Gasteiger partial charge in [0.15, 0.2) is 0 Å². The van der Waals surface area contributed by atoms with E-state index in [4.69, 9.17) is 0 Å². The average Bonchev–Trinajstić information content (AvgIpc) is 3.21. The minimum absolute atomic E-state index is 0.180. The zero-order valence-corrected chi connectivity index (χ0v) is 21.3. The average molecular weight is 465 g/mol. The van der Waals surface area contributed by atoms with E-state index in [0.29, 0.717) is 0 Å². The summed E-state index contributed by atoms with van der Waals surface area (Å²) in [6.07, 6.45) is 0.941. The molecule has 0 radical (unpaired) electrons. The first-order chi connectivity index (χ1) is 17.5. The molecule has 0 aliphatic heterocycles. The molecule has 0 nitrogen and oxygen atoms in total. The SMILES string of the molecule is CC(C)(C)c1ccc(Cc2ccc(C3(c4ccccc4)c4ccccc4-c4ccccc43)cc2)cc1. The molecule has 0 heterocycles. The van der Waals surface area contributed by atoms with E-state index in [1.165, 1.54) is 50.1 Å². The summed E-state index contributed by atoms with van der Waals surface area (Å²) < 4.78 is 0. The largest absolute Gasteiger partial charge is 0.0713 e. The van der Waals surface area contributed by atoms with Gasteiger partial charge in [0.2, 0.25) is 0 Å². The van der Waals surface area contributed by atoms with Crippen molar-refractivity contribution < 1.29 is 0 Å². The fourth-order valence-corrected chi connectivity index (χ4v) is 5.94. The Bertz CT molecular complexity index is 1450. The van der Waals surface area contributed by atoms with E-state index >= 15 is 0 Å². The molecule has 36 heavy (non-hydrogen) atoms. The number of rotatable bonds is 4. The van der Waals surface area contributed by atoms with Gasteiger partial charge in [0, 0.05) is 0 Å². The predicted octanol–water partition coefficient (Wildman–Crippen LogP) is 8.94. The summed E-state index contributed by atoms with van der Waals surface area (Å²) in [7, 11) is 0. The van der Waals surface area contributed by atoms with E-state index in [0.717, 1.165) is 6.42 Å². The third kappa shape index (κ3) is 3.60. The van der Waals surface area contributed by atoms with E-state index in [2.05, 4.69) is 148 Å². The normalized spacial score (nSPS) is 13.8. The van der Waals surface area contributed by atoms with Crippen LogP contribution in [0.25, 0.3) is 11.1 Å². The van der Waals surface area contributed by atoms with Crippen LogP contribution in [-0.2, 0) is 17.3 Å². The molecule has 0 fully saturated rings. The highest BCUT2D eigenvalue weighted by Crippen LogP contribution is 2.55. The van der Waals surface area contributed by atoms with E-state index in [1.54, 1.807) is 0 Å². The highest BCUT2D eigenvalue weighted by Gasteiger charge is 2.45. The first-order valence-corrected chi connectivity index (χ1v) is 12.9. The van der Waals surface area contributed by atoms with Crippen molar-refractivity contribution in [2.75, 3.05) is 0 Å². The highest BCUT2D eigenvalue weighted by atomic mass is 14.5. The summed E-state index contributed by atoms with van der Waals surface area (Å²) in [5, 5.41) is 0. The molecule has 5 aromatic rings. The minimum atomic E-state index is -0.318. The maximum Gasteiger partial charge on any atom is 0.0713 e. The van der Waals surface area contributed by atoms with E-state index in [-0.39, 0.29) is 10.8 Å². The summed E-state index contributed by atoms with van der Waals surface area (Å²) in [6, 6.07) is 47.3. The van der Waals surface area contributed by atoms with Gasteiger partial charge in [-0.3, -0.25) is 0 Å². The Balaban J connectivity index is 1.45. The van der Waals surface area contributed by atoms with Crippen molar-refractivity contribution in [3.63, 3.8) is 0 Å². The molecule has 0 bridgehead atoms. The molecule has 0 saturated heterocycles. The lowest BCUT2D eigenvalue weighted by molar-refractivity contribution is 0.590. The second-order valence-corrected chi connectivity index (χ2v) is 11.0. The quantitative estimate of drug-likeness (QED) is 0.244. The Morgan fingerprint density at radius 1 is 0.472 bits per heavy atom. The third-order valence-electron chi connectivity index (χ3n) is 7.77. The Kier molecular flexibility index (Phi) is 5.41. The van der Waals surface area contributed by atoms with Crippen LogP contribution in [0.3, 0.4) is 0 Å². The standard InChI is InChI=1S/C36H32/c1-35(2,3)28-21-17-26(18-22-28)25-27-19-23-30(24-20-27)36(29-11-5-4-6-12-29)33-15-9-7-13-31(33)32-14-8-10-16-34(32)36/h4-24H,25H2,1-3H3. The third-order valence-corrected chi connectivity index (χ3v) is 7.77. The van der Waals surface area contributed by atoms with Crippen molar-refractivity contribution in [3.8, 4) is 11.1 Å². The molecule has 6 rings (SSSR count). The van der Waals surface area contributed by atoms with Crippen LogP contribution in [0, 0.1) is 0 Å². The first kappa shape index (κ1) is 22.6. The Morgan fingerprint density at radius 2 is 0.917 bits per heavy atom. The number of fused-ring (bicyclic) bond motifs is 3. The summed E-state index contributed by atoms with van der Waals surface area (Å²) in [5.41, 5.74) is 12.0. The molecule has 176 valence electrons. The Labute approximate surface area is 215 Å². The molecule has 0 amide bonds. The predicted molar refractivity (Wildman–Crippen MR) is 152 cm³/mol. The lowest BCUT2D eigenvalue weighted by Gasteiger charge is -2.34. The summed E-state index contributed by atoms with van der Waals surface area (Å²) in [5.74, 6) is 0. The van der Waals surface area contributed by atoms with Gasteiger partial charge in [0.1, 0.15) is 0 Å². The molecule has 1 aliphatic rings. The molecular weight excluding hydrogens is 432 g/mol. The van der Waals surface area contributed by atoms with Crippen LogP contribution < -0.4 is 0 Å². The number of benzene rings is 5. The van der Waals surface area contributed by atoms with Gasteiger partial charge in [-0.1, -0.05) is 148 Å².